The number of anilines is 2. The number of rotatable bonds is 3. The van der Waals surface area contributed by atoms with Crippen LogP contribution >= 0.6 is 39.1 Å². The number of carbonyl (C=O) groups excluding carboxylic acids is 2. The fourth-order valence-electron chi connectivity index (χ4n) is 8.56. The molecule has 2 saturated heterocycles. The normalized spacial score (nSPS) is 27.3. The molecule has 3 aliphatic carbocycles. The highest BCUT2D eigenvalue weighted by Crippen LogP contribution is 2.77. The Morgan fingerprint density at radius 2 is 1.24 bits per heavy atom. The molecule has 0 N–H and O–H groups in total. The molecule has 0 aromatic heterocycles. The van der Waals surface area contributed by atoms with Crippen LogP contribution in [0.15, 0.2) is 126 Å². The number of amides is 2. The molecule has 2 amide bonds. The molecule has 8 heteroatoms. The van der Waals surface area contributed by atoms with Crippen molar-refractivity contribution in [3.8, 4) is 0 Å². The lowest BCUT2D eigenvalue weighted by atomic mass is 9.43. The van der Waals surface area contributed by atoms with Crippen LogP contribution in [0.1, 0.15) is 45.7 Å². The van der Waals surface area contributed by atoms with Crippen LogP contribution in [0.4, 0.5) is 11.4 Å². The first kappa shape index (κ1) is 27.4. The summed E-state index contributed by atoms with van der Waals surface area (Å²) in [4.78, 5) is 39.7. The highest BCUT2D eigenvalue weighted by Gasteiger charge is 2.87. The third-order valence-corrected chi connectivity index (χ3v) is 11.3. The summed E-state index contributed by atoms with van der Waals surface area (Å²) in [5, 5.41) is 2.42. The van der Waals surface area contributed by atoms with Crippen molar-refractivity contribution >= 4 is 62.3 Å². The monoisotopic (exact) mass is 692 g/mol. The number of imide groups is 1. The second-order valence-corrected chi connectivity index (χ2v) is 13.7. The first-order chi connectivity index (χ1) is 21.9. The Balaban J connectivity index is 1.43. The summed E-state index contributed by atoms with van der Waals surface area (Å²) in [6.07, 6.45) is 0. The summed E-state index contributed by atoms with van der Waals surface area (Å²) < 4.78 is 0.863. The van der Waals surface area contributed by atoms with Gasteiger partial charge in [-0.25, -0.2) is 9.96 Å². The van der Waals surface area contributed by atoms with E-state index in [4.69, 9.17) is 28.0 Å². The predicted molar refractivity (Wildman–Crippen MR) is 178 cm³/mol. The highest BCUT2D eigenvalue weighted by atomic mass is 79.9. The fraction of sp³-hybridized carbons (Fsp3) is 0.135. The van der Waals surface area contributed by atoms with E-state index < -0.39 is 34.8 Å². The smallest absolute Gasteiger partial charge is 0.271 e. The number of benzene rings is 5. The maximum absolute atomic E-state index is 15.7. The van der Waals surface area contributed by atoms with Crippen LogP contribution in [-0.2, 0) is 14.4 Å². The van der Waals surface area contributed by atoms with Crippen LogP contribution in [-0.4, -0.2) is 17.4 Å². The molecule has 10 rings (SSSR count). The van der Waals surface area contributed by atoms with Crippen molar-refractivity contribution in [2.24, 2.45) is 5.41 Å². The molecule has 2 fully saturated rings. The Morgan fingerprint density at radius 1 is 0.622 bits per heavy atom. The van der Waals surface area contributed by atoms with Crippen molar-refractivity contribution in [1.29, 1.82) is 0 Å². The largest absolute Gasteiger partial charge is 0.273 e. The summed E-state index contributed by atoms with van der Waals surface area (Å²) >= 11 is 16.5. The van der Waals surface area contributed by atoms with E-state index in [9.17, 15) is 0 Å². The van der Waals surface area contributed by atoms with Crippen molar-refractivity contribution in [3.63, 3.8) is 0 Å². The molecule has 3 atom stereocenters. The zero-order valence-corrected chi connectivity index (χ0v) is 26.6. The van der Waals surface area contributed by atoms with E-state index in [2.05, 4.69) is 40.2 Å². The van der Waals surface area contributed by atoms with Crippen LogP contribution in [0.3, 0.4) is 0 Å². The maximum Gasteiger partial charge on any atom is 0.271 e. The Labute approximate surface area is 278 Å². The van der Waals surface area contributed by atoms with Crippen LogP contribution < -0.4 is 9.96 Å². The van der Waals surface area contributed by atoms with Crippen molar-refractivity contribution < 1.29 is 14.4 Å². The molecule has 5 aromatic rings. The first-order valence-electron chi connectivity index (χ1n) is 14.7. The van der Waals surface area contributed by atoms with Crippen molar-refractivity contribution in [2.45, 2.75) is 23.5 Å². The molecule has 5 aromatic carbocycles. The molecule has 3 unspecified atom stereocenters. The molecule has 5 nitrogen and oxygen atoms in total. The lowest BCUT2D eigenvalue weighted by Crippen LogP contribution is -2.63. The van der Waals surface area contributed by atoms with Gasteiger partial charge in [0.15, 0.2) is 0 Å². The van der Waals surface area contributed by atoms with Crippen molar-refractivity contribution in [2.75, 3.05) is 9.96 Å². The molecule has 5 aliphatic rings. The van der Waals surface area contributed by atoms with Gasteiger partial charge in [0.05, 0.1) is 27.3 Å². The van der Waals surface area contributed by atoms with Crippen LogP contribution in [0.5, 0.6) is 0 Å². The highest BCUT2D eigenvalue weighted by molar-refractivity contribution is 9.10. The summed E-state index contributed by atoms with van der Waals surface area (Å²) in [6.45, 7) is 0. The standard InChI is InChI=1S/C37H23BrCl2N2O3/c38-22-10-8-9-21(19-22)33-36-31-25-13-4-6-15-27(25)32(28-16-7-5-14-26(28)31)37(36,45-42(33)23-11-2-1-3-12-23)35(44)41(34(36)43)24-17-18-29(39)30(40)20-24/h1-20,31-33H. The Bertz CT molecular complexity index is 2040. The van der Waals surface area contributed by atoms with Crippen LogP contribution in [0.25, 0.3) is 0 Å². The number of hydroxylamine groups is 1. The zero-order valence-electron chi connectivity index (χ0n) is 23.5. The lowest BCUT2D eigenvalue weighted by molar-refractivity contribution is -0.153. The average Bonchev–Trinajstić information content (AvgIpc) is 3.50. The number of hydrogen-bond acceptors (Lipinski definition) is 4. The van der Waals surface area contributed by atoms with Gasteiger partial charge in [-0.2, -0.15) is 0 Å². The quantitative estimate of drug-likeness (QED) is 0.177. The molecule has 0 spiro atoms. The topological polar surface area (TPSA) is 49.9 Å². The summed E-state index contributed by atoms with van der Waals surface area (Å²) in [6, 6.07) is 38.3. The maximum atomic E-state index is 15.7. The van der Waals surface area contributed by atoms with Gasteiger partial charge >= 0.3 is 0 Å². The second-order valence-electron chi connectivity index (χ2n) is 12.0. The number of nitrogens with zero attached hydrogens (tertiary/aromatic N) is 2. The minimum atomic E-state index is -1.60. The van der Waals surface area contributed by atoms with Crippen LogP contribution in [0.2, 0.25) is 10.0 Å². The summed E-state index contributed by atoms with van der Waals surface area (Å²) in [5.41, 5.74) is 3.05. The Hall–Kier alpha value is -3.94. The number of hydrogen-bond donors (Lipinski definition) is 0. The van der Waals surface area contributed by atoms with Gasteiger partial charge < -0.3 is 0 Å². The van der Waals surface area contributed by atoms with Gasteiger partial charge in [0.2, 0.25) is 11.5 Å². The first-order valence-corrected chi connectivity index (χ1v) is 16.2. The van der Waals surface area contributed by atoms with Crippen molar-refractivity contribution in [1.82, 2.24) is 0 Å². The average molecular weight is 694 g/mol. The van der Waals surface area contributed by atoms with Gasteiger partial charge in [-0.15, -0.1) is 0 Å². The van der Waals surface area contributed by atoms with Gasteiger partial charge in [0.25, 0.3) is 5.91 Å². The third-order valence-electron chi connectivity index (χ3n) is 10.0. The Kier molecular flexibility index (Phi) is 5.80. The van der Waals surface area contributed by atoms with Crippen LogP contribution in [0, 0.1) is 5.41 Å². The minimum absolute atomic E-state index is 0.259. The van der Waals surface area contributed by atoms with E-state index >= 15 is 9.59 Å². The molecule has 0 radical (unpaired) electrons. The molecule has 220 valence electrons. The fourth-order valence-corrected chi connectivity index (χ4v) is 9.27. The third kappa shape index (κ3) is 3.28. The molecule has 0 saturated carbocycles. The lowest BCUT2D eigenvalue weighted by Gasteiger charge is -2.55. The molecule has 2 aliphatic heterocycles. The zero-order chi connectivity index (χ0) is 30.7. The van der Waals surface area contributed by atoms with E-state index in [1.54, 1.807) is 18.2 Å². The van der Waals surface area contributed by atoms with E-state index in [0.29, 0.717) is 10.7 Å². The van der Waals surface area contributed by atoms with Gasteiger partial charge in [-0.1, -0.05) is 118 Å². The van der Waals surface area contributed by atoms with E-state index in [1.165, 1.54) is 4.90 Å². The number of halogens is 3. The van der Waals surface area contributed by atoms with Gasteiger partial charge in [0.1, 0.15) is 11.5 Å². The van der Waals surface area contributed by atoms with Gasteiger partial charge in [-0.3, -0.25) is 14.4 Å². The molecular weight excluding hydrogens is 671 g/mol. The van der Waals surface area contributed by atoms with Gasteiger partial charge in [0, 0.05) is 10.4 Å². The van der Waals surface area contributed by atoms with E-state index in [-0.39, 0.29) is 10.9 Å². The van der Waals surface area contributed by atoms with Crippen molar-refractivity contribution in [3.05, 3.63) is 164 Å². The van der Waals surface area contributed by atoms with Gasteiger partial charge in [-0.05, 0) is 70.3 Å². The molecule has 2 heterocycles. The molecule has 45 heavy (non-hydrogen) atoms. The Morgan fingerprint density at radius 3 is 1.87 bits per heavy atom. The number of para-hydroxylation sites is 1. The molecular formula is C37H23BrCl2N2O3. The SMILES string of the molecule is O=C1N(c2ccc(Cl)c(Cl)c2)C(=O)C23C4c5ccccc5C(c5ccccc54)C12ON(c1ccccc1)C3c1cccc(Br)c1. The van der Waals surface area contributed by atoms with E-state index in [1.807, 2.05) is 83.9 Å². The second kappa shape index (κ2) is 9.54. The number of carbonyl (C=O) groups is 2. The van der Waals surface area contributed by atoms with E-state index in [0.717, 1.165) is 38.0 Å². The predicted octanol–water partition coefficient (Wildman–Crippen LogP) is 8.84. The molecule has 2 bridgehead atoms. The minimum Gasteiger partial charge on any atom is -0.273 e. The summed E-state index contributed by atoms with van der Waals surface area (Å²) in [5.74, 6) is -1.78. The summed E-state index contributed by atoms with van der Waals surface area (Å²) in [7, 11) is 0.